The first-order chi connectivity index (χ1) is 7.77. The lowest BCUT2D eigenvalue weighted by molar-refractivity contribution is 0.369. The summed E-state index contributed by atoms with van der Waals surface area (Å²) in [7, 11) is 0. The van der Waals surface area contributed by atoms with Gasteiger partial charge in [-0.05, 0) is 26.3 Å². The first-order valence-electron chi connectivity index (χ1n) is 6.02. The number of nitrogens with zero attached hydrogens (tertiary/aromatic N) is 3. The van der Waals surface area contributed by atoms with Crippen LogP contribution >= 0.6 is 0 Å². The monoisotopic (exact) mass is 218 g/mol. The van der Waals surface area contributed by atoms with Crippen LogP contribution in [0.1, 0.15) is 18.7 Å². The normalized spacial score (nSPS) is 29.2. The average Bonchev–Trinajstić information content (AvgIpc) is 2.91. The van der Waals surface area contributed by atoms with Crippen molar-refractivity contribution < 1.29 is 0 Å². The molecule has 4 nitrogen and oxygen atoms in total. The van der Waals surface area contributed by atoms with E-state index in [0.717, 1.165) is 18.9 Å². The first-order valence-corrected chi connectivity index (χ1v) is 6.02. The molecule has 0 saturated carbocycles. The second kappa shape index (κ2) is 3.70. The third-order valence-corrected chi connectivity index (χ3v) is 3.90. The van der Waals surface area contributed by atoms with E-state index in [1.807, 2.05) is 19.3 Å². The van der Waals surface area contributed by atoms with E-state index in [4.69, 9.17) is 0 Å². The number of anilines is 1. The summed E-state index contributed by atoms with van der Waals surface area (Å²) in [6.07, 6.45) is 6.51. The molecule has 1 atom stereocenters. The van der Waals surface area contributed by atoms with E-state index >= 15 is 0 Å². The van der Waals surface area contributed by atoms with Crippen LogP contribution in [0.3, 0.4) is 0 Å². The number of hydrogen-bond donors (Lipinski definition) is 1. The van der Waals surface area contributed by atoms with Gasteiger partial charge in [0.05, 0.1) is 18.1 Å². The van der Waals surface area contributed by atoms with Crippen molar-refractivity contribution in [2.75, 3.05) is 31.1 Å². The zero-order valence-corrected chi connectivity index (χ0v) is 9.74. The number of aryl methyl sites for hydroxylation is 1. The maximum atomic E-state index is 4.27. The molecule has 0 radical (unpaired) electrons. The van der Waals surface area contributed by atoms with Crippen LogP contribution in [0.25, 0.3) is 0 Å². The van der Waals surface area contributed by atoms with E-state index in [-0.39, 0.29) is 0 Å². The van der Waals surface area contributed by atoms with Crippen LogP contribution in [-0.2, 0) is 0 Å². The minimum atomic E-state index is 0.519. The molecule has 1 aromatic heterocycles. The molecule has 0 amide bonds. The Morgan fingerprint density at radius 1 is 1.31 bits per heavy atom. The SMILES string of the molecule is Cc1ncc(N2CCC3(CCNC3)C2)cn1. The van der Waals surface area contributed by atoms with Crippen molar-refractivity contribution >= 4 is 5.69 Å². The van der Waals surface area contributed by atoms with Crippen molar-refractivity contribution in [2.24, 2.45) is 5.41 Å². The highest BCUT2D eigenvalue weighted by Gasteiger charge is 2.40. The maximum absolute atomic E-state index is 4.27. The van der Waals surface area contributed by atoms with Gasteiger partial charge < -0.3 is 10.2 Å². The van der Waals surface area contributed by atoms with Crippen molar-refractivity contribution in [3.05, 3.63) is 18.2 Å². The molecule has 86 valence electrons. The molecule has 0 aromatic carbocycles. The molecule has 1 unspecified atom stereocenters. The number of nitrogens with one attached hydrogen (secondary N) is 1. The van der Waals surface area contributed by atoms with Crippen LogP contribution in [0.4, 0.5) is 5.69 Å². The second-order valence-electron chi connectivity index (χ2n) is 5.09. The summed E-state index contributed by atoms with van der Waals surface area (Å²) in [6, 6.07) is 0. The molecule has 2 saturated heterocycles. The lowest BCUT2D eigenvalue weighted by Crippen LogP contribution is -2.29. The van der Waals surface area contributed by atoms with Crippen molar-refractivity contribution in [3.8, 4) is 0 Å². The van der Waals surface area contributed by atoms with Crippen LogP contribution in [0.2, 0.25) is 0 Å². The molecule has 1 N–H and O–H groups in total. The highest BCUT2D eigenvalue weighted by atomic mass is 15.2. The molecule has 2 aliphatic rings. The van der Waals surface area contributed by atoms with Crippen molar-refractivity contribution in [1.82, 2.24) is 15.3 Å². The summed E-state index contributed by atoms with van der Waals surface area (Å²) in [5.74, 6) is 0.847. The maximum Gasteiger partial charge on any atom is 0.125 e. The van der Waals surface area contributed by atoms with Crippen LogP contribution in [0, 0.1) is 12.3 Å². The predicted molar refractivity (Wildman–Crippen MR) is 63.5 cm³/mol. The van der Waals surface area contributed by atoms with Gasteiger partial charge in [-0.3, -0.25) is 0 Å². The summed E-state index contributed by atoms with van der Waals surface area (Å²) >= 11 is 0. The molecular formula is C12H18N4. The van der Waals surface area contributed by atoms with Crippen molar-refractivity contribution in [2.45, 2.75) is 19.8 Å². The summed E-state index contributed by atoms with van der Waals surface area (Å²) in [4.78, 5) is 11.0. The zero-order valence-electron chi connectivity index (χ0n) is 9.74. The molecule has 4 heteroatoms. The topological polar surface area (TPSA) is 41.1 Å². The third kappa shape index (κ3) is 1.67. The third-order valence-electron chi connectivity index (χ3n) is 3.90. The lowest BCUT2D eigenvalue weighted by Gasteiger charge is -2.23. The molecule has 3 heterocycles. The van der Waals surface area contributed by atoms with Gasteiger partial charge in [0.25, 0.3) is 0 Å². The lowest BCUT2D eigenvalue weighted by atomic mass is 9.87. The Bertz CT molecular complexity index is 367. The van der Waals surface area contributed by atoms with Gasteiger partial charge in [0.15, 0.2) is 0 Å². The molecule has 3 rings (SSSR count). The van der Waals surface area contributed by atoms with Gasteiger partial charge in [-0.1, -0.05) is 0 Å². The summed E-state index contributed by atoms with van der Waals surface area (Å²) in [5, 5.41) is 3.48. The van der Waals surface area contributed by atoms with Crippen LogP contribution in [-0.4, -0.2) is 36.1 Å². The van der Waals surface area contributed by atoms with Gasteiger partial charge in [0, 0.05) is 25.0 Å². The smallest absolute Gasteiger partial charge is 0.125 e. The predicted octanol–water partition coefficient (Wildman–Crippen LogP) is 0.975. The van der Waals surface area contributed by atoms with Crippen LogP contribution in [0.15, 0.2) is 12.4 Å². The molecule has 2 aliphatic heterocycles. The van der Waals surface area contributed by atoms with E-state index in [2.05, 4.69) is 20.2 Å². The van der Waals surface area contributed by atoms with Gasteiger partial charge in [-0.15, -0.1) is 0 Å². The molecule has 0 aliphatic carbocycles. The minimum Gasteiger partial charge on any atom is -0.368 e. The Balaban J connectivity index is 1.75. The molecule has 0 bridgehead atoms. The fourth-order valence-corrected chi connectivity index (χ4v) is 2.85. The first kappa shape index (κ1) is 10.0. The van der Waals surface area contributed by atoms with E-state index < -0.39 is 0 Å². The highest BCUT2D eigenvalue weighted by molar-refractivity contribution is 5.44. The molecular weight excluding hydrogens is 200 g/mol. The zero-order chi connectivity index (χ0) is 11.0. The van der Waals surface area contributed by atoms with Gasteiger partial charge >= 0.3 is 0 Å². The summed E-state index contributed by atoms with van der Waals surface area (Å²) in [6.45, 7) is 6.59. The Kier molecular flexibility index (Phi) is 2.32. The molecule has 16 heavy (non-hydrogen) atoms. The van der Waals surface area contributed by atoms with Crippen molar-refractivity contribution in [3.63, 3.8) is 0 Å². The molecule has 1 aromatic rings. The van der Waals surface area contributed by atoms with E-state index in [1.165, 1.54) is 31.6 Å². The number of hydrogen-bond acceptors (Lipinski definition) is 4. The second-order valence-corrected chi connectivity index (χ2v) is 5.09. The minimum absolute atomic E-state index is 0.519. The van der Waals surface area contributed by atoms with Crippen LogP contribution in [0.5, 0.6) is 0 Å². The Morgan fingerprint density at radius 3 is 2.81 bits per heavy atom. The van der Waals surface area contributed by atoms with Gasteiger partial charge in [0.1, 0.15) is 5.82 Å². The van der Waals surface area contributed by atoms with Gasteiger partial charge in [0.2, 0.25) is 0 Å². The van der Waals surface area contributed by atoms with E-state index in [0.29, 0.717) is 5.41 Å². The summed E-state index contributed by atoms with van der Waals surface area (Å²) in [5.41, 5.74) is 1.69. The largest absolute Gasteiger partial charge is 0.368 e. The van der Waals surface area contributed by atoms with Gasteiger partial charge in [-0.25, -0.2) is 9.97 Å². The van der Waals surface area contributed by atoms with E-state index in [1.54, 1.807) is 0 Å². The van der Waals surface area contributed by atoms with Crippen molar-refractivity contribution in [1.29, 1.82) is 0 Å². The Hall–Kier alpha value is -1.16. The highest BCUT2D eigenvalue weighted by Crippen LogP contribution is 2.37. The van der Waals surface area contributed by atoms with Crippen LogP contribution < -0.4 is 10.2 Å². The fraction of sp³-hybridized carbons (Fsp3) is 0.667. The number of aromatic nitrogens is 2. The molecule has 2 fully saturated rings. The quantitative estimate of drug-likeness (QED) is 0.762. The number of rotatable bonds is 1. The van der Waals surface area contributed by atoms with E-state index in [9.17, 15) is 0 Å². The summed E-state index contributed by atoms with van der Waals surface area (Å²) < 4.78 is 0. The fourth-order valence-electron chi connectivity index (χ4n) is 2.85. The standard InChI is InChI=1S/C12H18N4/c1-10-14-6-11(7-15-10)16-5-3-12(9-16)2-4-13-8-12/h6-7,13H,2-5,8-9H2,1H3. The van der Waals surface area contributed by atoms with Gasteiger partial charge in [-0.2, -0.15) is 0 Å². The molecule has 1 spiro atoms. The Labute approximate surface area is 96.1 Å². The average molecular weight is 218 g/mol. The Morgan fingerprint density at radius 2 is 2.12 bits per heavy atom.